The Kier molecular flexibility index (Phi) is 4.53. The van der Waals surface area contributed by atoms with Crippen molar-refractivity contribution in [1.29, 1.82) is 0 Å². The van der Waals surface area contributed by atoms with E-state index in [1.165, 1.54) is 19.3 Å². The number of carbonyl (C=O) groups excluding carboxylic acids is 1. The molecule has 0 unspecified atom stereocenters. The molecule has 1 aliphatic rings. The highest BCUT2D eigenvalue weighted by Gasteiger charge is 2.27. The van der Waals surface area contributed by atoms with Gasteiger partial charge >= 0.3 is 5.97 Å². The lowest BCUT2D eigenvalue weighted by molar-refractivity contribution is 0.0526. The molecule has 1 fully saturated rings. The minimum atomic E-state index is -0.324. The molecule has 0 spiro atoms. The molecular weight excluding hydrogens is 252 g/mol. The Morgan fingerprint density at radius 3 is 2.65 bits per heavy atom. The molecule has 20 heavy (non-hydrogen) atoms. The number of benzene rings is 1. The van der Waals surface area contributed by atoms with Crippen LogP contribution in [-0.2, 0) is 4.74 Å². The van der Waals surface area contributed by atoms with Crippen LogP contribution in [0.1, 0.15) is 56.3 Å². The van der Waals surface area contributed by atoms with Gasteiger partial charge in [-0.25, -0.2) is 4.79 Å². The average Bonchev–Trinajstić information content (AvgIpc) is 2.42. The van der Waals surface area contributed by atoms with E-state index in [2.05, 4.69) is 12.2 Å². The first-order valence-electron chi connectivity index (χ1n) is 7.39. The van der Waals surface area contributed by atoms with Gasteiger partial charge in [0.25, 0.3) is 0 Å². The highest BCUT2D eigenvalue weighted by Crippen LogP contribution is 2.33. The Hall–Kier alpha value is -1.71. The van der Waals surface area contributed by atoms with Gasteiger partial charge in [0.15, 0.2) is 0 Å². The molecule has 3 N–H and O–H groups in total. The van der Waals surface area contributed by atoms with E-state index in [1.54, 1.807) is 19.1 Å². The molecule has 0 bridgehead atoms. The Morgan fingerprint density at radius 2 is 2.05 bits per heavy atom. The van der Waals surface area contributed by atoms with Crippen LogP contribution in [-0.4, -0.2) is 18.1 Å². The van der Waals surface area contributed by atoms with Crippen molar-refractivity contribution in [2.75, 3.05) is 17.7 Å². The number of hydrogen-bond donors (Lipinski definition) is 2. The van der Waals surface area contributed by atoms with Crippen LogP contribution in [0, 0.1) is 0 Å². The van der Waals surface area contributed by atoms with Gasteiger partial charge in [-0.1, -0.05) is 19.3 Å². The summed E-state index contributed by atoms with van der Waals surface area (Å²) in [6.45, 7) is 4.41. The predicted octanol–water partition coefficient (Wildman–Crippen LogP) is 3.58. The molecular formula is C16H24N2O2. The lowest BCUT2D eigenvalue weighted by Crippen LogP contribution is -2.37. The monoisotopic (exact) mass is 276 g/mol. The van der Waals surface area contributed by atoms with Crippen molar-refractivity contribution < 1.29 is 9.53 Å². The van der Waals surface area contributed by atoms with Gasteiger partial charge in [0, 0.05) is 5.54 Å². The Bertz CT molecular complexity index is 479. The molecule has 1 aliphatic carbocycles. The van der Waals surface area contributed by atoms with E-state index in [-0.39, 0.29) is 11.5 Å². The number of hydrogen-bond acceptors (Lipinski definition) is 4. The van der Waals surface area contributed by atoms with Gasteiger partial charge in [-0.15, -0.1) is 0 Å². The van der Waals surface area contributed by atoms with Crippen LogP contribution >= 0.6 is 0 Å². The Balaban J connectivity index is 2.11. The molecule has 0 heterocycles. The van der Waals surface area contributed by atoms with Crippen LogP contribution in [0.4, 0.5) is 11.4 Å². The molecule has 1 aromatic carbocycles. The van der Waals surface area contributed by atoms with E-state index in [0.717, 1.165) is 18.5 Å². The normalized spacial score (nSPS) is 17.5. The summed E-state index contributed by atoms with van der Waals surface area (Å²) in [5.74, 6) is -0.324. The number of nitrogens with two attached hydrogens (primary N) is 1. The van der Waals surface area contributed by atoms with Crippen molar-refractivity contribution in [3.05, 3.63) is 23.8 Å². The molecule has 0 aliphatic heterocycles. The zero-order chi connectivity index (χ0) is 14.6. The van der Waals surface area contributed by atoms with Crippen molar-refractivity contribution in [3.8, 4) is 0 Å². The van der Waals surface area contributed by atoms with Crippen LogP contribution in [0.15, 0.2) is 18.2 Å². The molecule has 0 saturated heterocycles. The maximum atomic E-state index is 11.7. The van der Waals surface area contributed by atoms with Gasteiger partial charge in [0.1, 0.15) is 0 Å². The largest absolute Gasteiger partial charge is 0.462 e. The molecule has 0 amide bonds. The van der Waals surface area contributed by atoms with E-state index in [0.29, 0.717) is 17.9 Å². The molecule has 4 heteroatoms. The van der Waals surface area contributed by atoms with Gasteiger partial charge in [-0.05, 0) is 44.9 Å². The van der Waals surface area contributed by atoms with E-state index in [4.69, 9.17) is 10.5 Å². The number of nitrogens with one attached hydrogen (secondary N) is 1. The van der Waals surface area contributed by atoms with Crippen molar-refractivity contribution in [2.45, 2.75) is 51.5 Å². The van der Waals surface area contributed by atoms with Crippen molar-refractivity contribution in [1.82, 2.24) is 0 Å². The Morgan fingerprint density at radius 1 is 1.35 bits per heavy atom. The summed E-state index contributed by atoms with van der Waals surface area (Å²) >= 11 is 0. The molecule has 110 valence electrons. The van der Waals surface area contributed by atoms with Crippen molar-refractivity contribution >= 4 is 17.3 Å². The van der Waals surface area contributed by atoms with E-state index >= 15 is 0 Å². The number of rotatable bonds is 4. The second-order valence-electron chi connectivity index (χ2n) is 5.77. The summed E-state index contributed by atoms with van der Waals surface area (Å²) in [5, 5.41) is 3.55. The molecule has 0 radical (unpaired) electrons. The first-order chi connectivity index (χ1) is 9.54. The third-order valence-corrected chi connectivity index (χ3v) is 3.96. The number of anilines is 2. The third kappa shape index (κ3) is 3.44. The average molecular weight is 276 g/mol. The fourth-order valence-corrected chi connectivity index (χ4v) is 2.80. The van der Waals surface area contributed by atoms with Crippen LogP contribution in [0.3, 0.4) is 0 Å². The number of ether oxygens (including phenoxy) is 1. The molecule has 0 atom stereocenters. The second-order valence-corrected chi connectivity index (χ2v) is 5.77. The molecule has 1 aromatic rings. The highest BCUT2D eigenvalue weighted by atomic mass is 16.5. The highest BCUT2D eigenvalue weighted by molar-refractivity contribution is 5.92. The lowest BCUT2D eigenvalue weighted by atomic mass is 9.83. The molecule has 2 rings (SSSR count). The standard InChI is InChI=1S/C16H24N2O2/c1-3-20-15(19)12-7-8-14(13(17)11-12)18-16(2)9-5-4-6-10-16/h7-8,11,18H,3-6,9-10,17H2,1-2H3. The zero-order valence-corrected chi connectivity index (χ0v) is 12.4. The topological polar surface area (TPSA) is 64.3 Å². The number of carbonyl (C=O) groups is 1. The summed E-state index contributed by atoms with van der Waals surface area (Å²) in [6.07, 6.45) is 6.14. The zero-order valence-electron chi connectivity index (χ0n) is 12.4. The van der Waals surface area contributed by atoms with Crippen LogP contribution in [0.2, 0.25) is 0 Å². The van der Waals surface area contributed by atoms with E-state index in [9.17, 15) is 4.79 Å². The fraction of sp³-hybridized carbons (Fsp3) is 0.562. The number of esters is 1. The molecule has 0 aromatic heterocycles. The third-order valence-electron chi connectivity index (χ3n) is 3.96. The summed E-state index contributed by atoms with van der Waals surface area (Å²) in [4.78, 5) is 11.7. The summed E-state index contributed by atoms with van der Waals surface area (Å²) in [6, 6.07) is 5.33. The first-order valence-corrected chi connectivity index (χ1v) is 7.39. The summed E-state index contributed by atoms with van der Waals surface area (Å²) < 4.78 is 4.98. The van der Waals surface area contributed by atoms with Crippen LogP contribution in [0.5, 0.6) is 0 Å². The van der Waals surface area contributed by atoms with Crippen LogP contribution < -0.4 is 11.1 Å². The molecule has 4 nitrogen and oxygen atoms in total. The first kappa shape index (κ1) is 14.7. The summed E-state index contributed by atoms with van der Waals surface area (Å²) in [5.41, 5.74) is 8.18. The smallest absolute Gasteiger partial charge is 0.338 e. The van der Waals surface area contributed by atoms with Crippen molar-refractivity contribution in [3.63, 3.8) is 0 Å². The van der Waals surface area contributed by atoms with Gasteiger partial charge in [-0.2, -0.15) is 0 Å². The maximum absolute atomic E-state index is 11.7. The quantitative estimate of drug-likeness (QED) is 0.651. The predicted molar refractivity (Wildman–Crippen MR) is 81.9 cm³/mol. The SMILES string of the molecule is CCOC(=O)c1ccc(NC2(C)CCCCC2)c(N)c1. The minimum Gasteiger partial charge on any atom is -0.462 e. The minimum absolute atomic E-state index is 0.109. The van der Waals surface area contributed by atoms with Gasteiger partial charge in [0.05, 0.1) is 23.5 Å². The Labute approximate surface area is 120 Å². The lowest BCUT2D eigenvalue weighted by Gasteiger charge is -2.36. The fourth-order valence-electron chi connectivity index (χ4n) is 2.80. The molecule has 1 saturated carbocycles. The van der Waals surface area contributed by atoms with Gasteiger partial charge in [-0.3, -0.25) is 0 Å². The second kappa shape index (κ2) is 6.16. The van der Waals surface area contributed by atoms with E-state index < -0.39 is 0 Å². The van der Waals surface area contributed by atoms with Crippen LogP contribution in [0.25, 0.3) is 0 Å². The van der Waals surface area contributed by atoms with Crippen molar-refractivity contribution in [2.24, 2.45) is 0 Å². The number of nitrogen functional groups attached to an aromatic ring is 1. The maximum Gasteiger partial charge on any atom is 0.338 e. The van der Waals surface area contributed by atoms with E-state index in [1.807, 2.05) is 6.07 Å². The van der Waals surface area contributed by atoms with Gasteiger partial charge < -0.3 is 15.8 Å². The van der Waals surface area contributed by atoms with Gasteiger partial charge in [0.2, 0.25) is 0 Å². The summed E-state index contributed by atoms with van der Waals surface area (Å²) in [7, 11) is 0.